The summed E-state index contributed by atoms with van der Waals surface area (Å²) < 4.78 is 11.7. The van der Waals surface area contributed by atoms with Crippen LogP contribution in [0.3, 0.4) is 0 Å². The van der Waals surface area contributed by atoms with Gasteiger partial charge in [-0.1, -0.05) is 29.8 Å². The molecule has 1 unspecified atom stereocenters. The van der Waals surface area contributed by atoms with Crippen molar-refractivity contribution in [3.63, 3.8) is 0 Å². The first-order valence-corrected chi connectivity index (χ1v) is 10.1. The molecule has 28 heavy (non-hydrogen) atoms. The van der Waals surface area contributed by atoms with E-state index in [4.69, 9.17) is 9.47 Å². The van der Waals surface area contributed by atoms with Crippen molar-refractivity contribution in [3.8, 4) is 0 Å². The van der Waals surface area contributed by atoms with E-state index in [1.165, 1.54) is 6.92 Å². The van der Waals surface area contributed by atoms with Gasteiger partial charge >= 0.3 is 5.97 Å². The second-order valence-corrected chi connectivity index (χ2v) is 8.16. The lowest BCUT2D eigenvalue weighted by molar-refractivity contribution is -0.167. The summed E-state index contributed by atoms with van der Waals surface area (Å²) in [5.74, 6) is -0.0883. The average molecular weight is 394 g/mol. The van der Waals surface area contributed by atoms with Crippen LogP contribution in [0.1, 0.15) is 73.1 Å². The minimum absolute atomic E-state index is 0.00808. The minimum atomic E-state index is -0.613. The Morgan fingerprint density at radius 3 is 2.68 bits per heavy atom. The Balaban J connectivity index is 2.71. The molecule has 1 aliphatic rings. The van der Waals surface area contributed by atoms with Crippen LogP contribution in [0.4, 0.5) is 0 Å². The molecule has 0 saturated carbocycles. The van der Waals surface area contributed by atoms with Gasteiger partial charge in [0.2, 0.25) is 0 Å². The standard InChI is InChI=1S/C22H35NO5/c1-16(2)8-10-20(25)17(3)7-6-13-22(5)21(28-18(4)24)11-9-19(15-27-22)12-14-23-26/h8,12,17,21H,6-7,9-11,13-15H2,1-5H3/t17?,21-,22+/m1/s1. The van der Waals surface area contributed by atoms with E-state index in [0.717, 1.165) is 24.0 Å². The fourth-order valence-electron chi connectivity index (χ4n) is 3.42. The number of nitrogens with zero attached hydrogens (tertiary/aromatic N) is 1. The van der Waals surface area contributed by atoms with Crippen molar-refractivity contribution in [2.75, 3.05) is 13.2 Å². The molecule has 0 bridgehead atoms. The van der Waals surface area contributed by atoms with Crippen LogP contribution in [0, 0.1) is 10.8 Å². The van der Waals surface area contributed by atoms with E-state index < -0.39 is 5.60 Å². The first-order valence-electron chi connectivity index (χ1n) is 10.1. The first-order chi connectivity index (χ1) is 13.2. The molecule has 6 nitrogen and oxygen atoms in total. The Labute approximate surface area is 168 Å². The number of nitroso groups, excluding NO2 is 1. The Morgan fingerprint density at radius 1 is 1.36 bits per heavy atom. The van der Waals surface area contributed by atoms with Gasteiger partial charge in [0.25, 0.3) is 0 Å². The van der Waals surface area contributed by atoms with Gasteiger partial charge in [0.05, 0.1) is 13.2 Å². The van der Waals surface area contributed by atoms with Crippen LogP contribution < -0.4 is 0 Å². The van der Waals surface area contributed by atoms with Crippen molar-refractivity contribution in [1.82, 2.24) is 0 Å². The summed E-state index contributed by atoms with van der Waals surface area (Å²) in [6.45, 7) is 9.85. The van der Waals surface area contributed by atoms with Crippen molar-refractivity contribution in [2.45, 2.75) is 84.8 Å². The number of Topliss-reactive ketones (excluding diaryl/α,β-unsaturated/α-hetero) is 1. The highest BCUT2D eigenvalue weighted by atomic mass is 16.6. The Bertz CT molecular complexity index is 606. The van der Waals surface area contributed by atoms with Gasteiger partial charge in [-0.15, -0.1) is 0 Å². The maximum atomic E-state index is 12.2. The summed E-state index contributed by atoms with van der Waals surface area (Å²) in [5.41, 5.74) is 1.54. The number of hydrogen-bond acceptors (Lipinski definition) is 6. The van der Waals surface area contributed by atoms with Crippen LogP contribution in [-0.2, 0) is 19.1 Å². The number of esters is 1. The van der Waals surface area contributed by atoms with Gasteiger partial charge in [-0.3, -0.25) is 9.59 Å². The Morgan fingerprint density at radius 2 is 2.07 bits per heavy atom. The Kier molecular flexibility index (Phi) is 10.3. The molecule has 158 valence electrons. The number of carbonyl (C=O) groups is 2. The molecule has 3 atom stereocenters. The lowest BCUT2D eigenvalue weighted by Crippen LogP contribution is -2.43. The largest absolute Gasteiger partial charge is 0.459 e. The van der Waals surface area contributed by atoms with Crippen LogP contribution >= 0.6 is 0 Å². The number of hydrogen-bond donors (Lipinski definition) is 0. The maximum absolute atomic E-state index is 12.2. The molecule has 6 heteroatoms. The minimum Gasteiger partial charge on any atom is -0.459 e. The van der Waals surface area contributed by atoms with Crippen LogP contribution in [0.2, 0.25) is 0 Å². The summed E-state index contributed by atoms with van der Waals surface area (Å²) in [7, 11) is 0. The van der Waals surface area contributed by atoms with Crippen molar-refractivity contribution in [1.29, 1.82) is 0 Å². The molecule has 1 fully saturated rings. The third kappa shape index (κ3) is 8.46. The van der Waals surface area contributed by atoms with Crippen LogP contribution in [0.15, 0.2) is 28.5 Å². The van der Waals surface area contributed by atoms with Crippen LogP contribution in [0.25, 0.3) is 0 Å². The van der Waals surface area contributed by atoms with E-state index in [0.29, 0.717) is 32.3 Å². The smallest absolute Gasteiger partial charge is 0.303 e. The van der Waals surface area contributed by atoms with Gasteiger partial charge in [0.15, 0.2) is 0 Å². The molecule has 0 spiro atoms. The van der Waals surface area contributed by atoms with Crippen molar-refractivity contribution in [2.24, 2.45) is 11.1 Å². The molecule has 0 aromatic heterocycles. The normalized spacial score (nSPS) is 24.9. The van der Waals surface area contributed by atoms with Crippen LogP contribution in [0.5, 0.6) is 0 Å². The SMILES string of the molecule is CC(=O)O[C@@H]1CCC(=CCN=O)CO[C@@]1(C)CCCC(C)C(=O)CC=C(C)C. The fourth-order valence-corrected chi connectivity index (χ4v) is 3.42. The second-order valence-electron chi connectivity index (χ2n) is 8.16. The van der Waals surface area contributed by atoms with E-state index in [2.05, 4.69) is 5.18 Å². The molecule has 1 rings (SSSR count). The zero-order valence-electron chi connectivity index (χ0n) is 18.0. The zero-order valence-corrected chi connectivity index (χ0v) is 18.0. The van der Waals surface area contributed by atoms with Crippen molar-refractivity contribution >= 4 is 11.8 Å². The van der Waals surface area contributed by atoms with E-state index in [-0.39, 0.29) is 30.3 Å². The van der Waals surface area contributed by atoms with E-state index in [1.807, 2.05) is 33.8 Å². The zero-order chi connectivity index (χ0) is 21.2. The summed E-state index contributed by atoms with van der Waals surface area (Å²) in [5, 5.41) is 2.87. The highest BCUT2D eigenvalue weighted by molar-refractivity contribution is 5.82. The maximum Gasteiger partial charge on any atom is 0.303 e. The molecule has 0 N–H and O–H groups in total. The Hall–Kier alpha value is -1.82. The summed E-state index contributed by atoms with van der Waals surface area (Å²) >= 11 is 0. The van der Waals surface area contributed by atoms with E-state index >= 15 is 0 Å². The summed E-state index contributed by atoms with van der Waals surface area (Å²) in [4.78, 5) is 34.2. The summed E-state index contributed by atoms with van der Waals surface area (Å²) in [6, 6.07) is 0. The molecule has 0 aromatic rings. The predicted octanol–water partition coefficient (Wildman–Crippen LogP) is 4.91. The van der Waals surface area contributed by atoms with Crippen molar-refractivity contribution < 1.29 is 19.1 Å². The van der Waals surface area contributed by atoms with Gasteiger partial charge in [-0.2, -0.15) is 4.91 Å². The molecular weight excluding hydrogens is 358 g/mol. The second kappa shape index (κ2) is 11.9. The first kappa shape index (κ1) is 24.2. The average Bonchev–Trinajstić information content (AvgIpc) is 2.77. The highest BCUT2D eigenvalue weighted by Gasteiger charge is 2.39. The monoisotopic (exact) mass is 393 g/mol. The van der Waals surface area contributed by atoms with Gasteiger partial charge in [-0.05, 0) is 58.4 Å². The third-order valence-corrected chi connectivity index (χ3v) is 5.33. The third-order valence-electron chi connectivity index (χ3n) is 5.33. The van der Waals surface area contributed by atoms with Crippen molar-refractivity contribution in [3.05, 3.63) is 28.2 Å². The fraction of sp³-hybridized carbons (Fsp3) is 0.727. The van der Waals surface area contributed by atoms with E-state index in [9.17, 15) is 14.5 Å². The van der Waals surface area contributed by atoms with Gasteiger partial charge in [0, 0.05) is 19.3 Å². The molecule has 0 aliphatic carbocycles. The lowest BCUT2D eigenvalue weighted by Gasteiger charge is -2.35. The molecule has 0 aromatic carbocycles. The highest BCUT2D eigenvalue weighted by Crippen LogP contribution is 2.34. The van der Waals surface area contributed by atoms with E-state index in [1.54, 1.807) is 6.08 Å². The quantitative estimate of drug-likeness (QED) is 0.299. The van der Waals surface area contributed by atoms with Gasteiger partial charge in [0.1, 0.15) is 17.5 Å². The topological polar surface area (TPSA) is 82.0 Å². The molecule has 1 saturated heterocycles. The molecule has 1 aliphatic heterocycles. The number of allylic oxidation sites excluding steroid dienone is 2. The lowest BCUT2D eigenvalue weighted by atomic mass is 9.87. The molecule has 1 heterocycles. The molecular formula is C22H35NO5. The number of ether oxygens (including phenoxy) is 2. The predicted molar refractivity (Wildman–Crippen MR) is 110 cm³/mol. The van der Waals surface area contributed by atoms with Gasteiger partial charge in [-0.25, -0.2) is 0 Å². The van der Waals surface area contributed by atoms with Crippen LogP contribution in [-0.4, -0.2) is 36.6 Å². The number of carbonyl (C=O) groups excluding carboxylic acids is 2. The number of ketones is 1. The summed E-state index contributed by atoms with van der Waals surface area (Å²) in [6.07, 6.45) is 7.52. The molecule has 0 amide bonds. The number of rotatable bonds is 10. The molecule has 0 radical (unpaired) electrons. The van der Waals surface area contributed by atoms with Gasteiger partial charge < -0.3 is 9.47 Å².